The van der Waals surface area contributed by atoms with Crippen LogP contribution in [-0.4, -0.2) is 41.1 Å². The lowest BCUT2D eigenvalue weighted by Gasteiger charge is -2.30. The maximum absolute atomic E-state index is 12.2. The minimum atomic E-state index is 0.0759. The molecule has 0 aromatic heterocycles. The molecule has 2 saturated heterocycles. The van der Waals surface area contributed by atoms with Gasteiger partial charge in [-0.05, 0) is 30.9 Å². The number of nitrogens with zero attached hydrogens (tertiary/aromatic N) is 1. The molecule has 2 heterocycles. The third-order valence-electron chi connectivity index (χ3n) is 3.37. The molecule has 0 spiro atoms. The van der Waals surface area contributed by atoms with Gasteiger partial charge in [0.05, 0.1) is 12.7 Å². The van der Waals surface area contributed by atoms with Crippen molar-refractivity contribution >= 4 is 17.7 Å². The highest BCUT2D eigenvalue weighted by Crippen LogP contribution is 2.24. The number of nitrogens with one attached hydrogen (secondary N) is 1. The van der Waals surface area contributed by atoms with Crippen molar-refractivity contribution in [3.8, 4) is 0 Å². The minimum absolute atomic E-state index is 0.0759. The van der Waals surface area contributed by atoms with Gasteiger partial charge in [0.2, 0.25) is 5.91 Å². The number of carbonyl (C=O) groups is 1. The molecule has 2 fully saturated rings. The van der Waals surface area contributed by atoms with E-state index in [9.17, 15) is 4.79 Å². The Bertz CT molecular complexity index is 251. The zero-order valence-corrected chi connectivity index (χ0v) is 11.1. The Kier molecular flexibility index (Phi) is 4.14. The fraction of sp³-hybridized carbons (Fsp3) is 0.917. The zero-order chi connectivity index (χ0) is 11.5. The lowest BCUT2D eigenvalue weighted by Crippen LogP contribution is -2.41. The Morgan fingerprint density at radius 3 is 3.00 bits per heavy atom. The Morgan fingerprint density at radius 1 is 1.56 bits per heavy atom. The van der Waals surface area contributed by atoms with Gasteiger partial charge in [0, 0.05) is 11.8 Å². The summed E-state index contributed by atoms with van der Waals surface area (Å²) in [7, 11) is 0. The van der Waals surface area contributed by atoms with Crippen LogP contribution in [0.3, 0.4) is 0 Å². The summed E-state index contributed by atoms with van der Waals surface area (Å²) in [5, 5.41) is 3.35. The molecule has 2 unspecified atom stereocenters. The quantitative estimate of drug-likeness (QED) is 0.817. The monoisotopic (exact) mass is 242 g/mol. The summed E-state index contributed by atoms with van der Waals surface area (Å²) in [4.78, 5) is 14.3. The van der Waals surface area contributed by atoms with E-state index < -0.39 is 0 Å². The van der Waals surface area contributed by atoms with Crippen molar-refractivity contribution in [1.29, 1.82) is 0 Å². The standard InChI is InChI=1S/C12H22N2OS/c1-9(2)6-11-12(15)14(8-13-11)10-4-3-5-16-7-10/h9-11,13H,3-8H2,1-2H3. The van der Waals surface area contributed by atoms with E-state index in [1.54, 1.807) is 0 Å². The van der Waals surface area contributed by atoms with E-state index in [-0.39, 0.29) is 6.04 Å². The van der Waals surface area contributed by atoms with Crippen LogP contribution in [-0.2, 0) is 4.79 Å². The molecule has 0 saturated carbocycles. The Labute approximate surface area is 102 Å². The summed E-state index contributed by atoms with van der Waals surface area (Å²) < 4.78 is 0. The van der Waals surface area contributed by atoms with Crippen LogP contribution >= 0.6 is 11.8 Å². The fourth-order valence-electron chi connectivity index (χ4n) is 2.51. The maximum Gasteiger partial charge on any atom is 0.241 e. The predicted molar refractivity (Wildman–Crippen MR) is 68.4 cm³/mol. The second kappa shape index (κ2) is 5.41. The average Bonchev–Trinajstić information content (AvgIpc) is 2.61. The first-order valence-electron chi connectivity index (χ1n) is 6.30. The SMILES string of the molecule is CC(C)CC1NCN(C2CCCSC2)C1=O. The molecule has 2 rings (SSSR count). The number of amides is 1. The second-order valence-corrected chi connectivity index (χ2v) is 6.37. The van der Waals surface area contributed by atoms with Gasteiger partial charge in [-0.2, -0.15) is 11.8 Å². The van der Waals surface area contributed by atoms with Crippen molar-refractivity contribution in [3.05, 3.63) is 0 Å². The topological polar surface area (TPSA) is 32.3 Å². The number of thioether (sulfide) groups is 1. The van der Waals surface area contributed by atoms with Crippen LogP contribution in [0.5, 0.6) is 0 Å². The van der Waals surface area contributed by atoms with Crippen molar-refractivity contribution in [2.45, 2.75) is 45.2 Å². The van der Waals surface area contributed by atoms with Gasteiger partial charge in [-0.15, -0.1) is 0 Å². The fourth-order valence-corrected chi connectivity index (χ4v) is 3.66. The van der Waals surface area contributed by atoms with E-state index in [0.717, 1.165) is 18.8 Å². The highest BCUT2D eigenvalue weighted by Gasteiger charge is 2.35. The molecule has 2 atom stereocenters. The van der Waals surface area contributed by atoms with Crippen LogP contribution in [0.25, 0.3) is 0 Å². The molecule has 0 radical (unpaired) electrons. The molecule has 0 aliphatic carbocycles. The molecule has 1 N–H and O–H groups in total. The van der Waals surface area contributed by atoms with Crippen molar-refractivity contribution in [1.82, 2.24) is 10.2 Å². The lowest BCUT2D eigenvalue weighted by atomic mass is 10.0. The Balaban J connectivity index is 1.90. The van der Waals surface area contributed by atoms with Crippen molar-refractivity contribution < 1.29 is 4.79 Å². The Morgan fingerprint density at radius 2 is 2.38 bits per heavy atom. The van der Waals surface area contributed by atoms with Crippen LogP contribution in [0, 0.1) is 5.92 Å². The first-order valence-corrected chi connectivity index (χ1v) is 7.45. The molecule has 2 aliphatic heterocycles. The largest absolute Gasteiger partial charge is 0.325 e. The van der Waals surface area contributed by atoms with Gasteiger partial charge < -0.3 is 4.90 Å². The number of rotatable bonds is 3. The summed E-state index contributed by atoms with van der Waals surface area (Å²) in [5.41, 5.74) is 0. The van der Waals surface area contributed by atoms with Crippen molar-refractivity contribution in [2.75, 3.05) is 18.2 Å². The molecule has 3 nitrogen and oxygen atoms in total. The lowest BCUT2D eigenvalue weighted by molar-refractivity contribution is -0.130. The van der Waals surface area contributed by atoms with Gasteiger partial charge in [-0.25, -0.2) is 0 Å². The second-order valence-electron chi connectivity index (χ2n) is 5.22. The maximum atomic E-state index is 12.2. The third-order valence-corrected chi connectivity index (χ3v) is 4.57. The molecule has 16 heavy (non-hydrogen) atoms. The van der Waals surface area contributed by atoms with Crippen LogP contribution in [0.2, 0.25) is 0 Å². The van der Waals surface area contributed by atoms with Gasteiger partial charge >= 0.3 is 0 Å². The van der Waals surface area contributed by atoms with Gasteiger partial charge in [-0.3, -0.25) is 10.1 Å². The van der Waals surface area contributed by atoms with Crippen molar-refractivity contribution in [3.63, 3.8) is 0 Å². The first-order chi connectivity index (χ1) is 7.68. The highest BCUT2D eigenvalue weighted by atomic mass is 32.2. The van der Waals surface area contributed by atoms with E-state index in [0.29, 0.717) is 17.9 Å². The summed E-state index contributed by atoms with van der Waals surface area (Å²) >= 11 is 1.99. The summed E-state index contributed by atoms with van der Waals surface area (Å²) in [5.74, 6) is 3.31. The van der Waals surface area contributed by atoms with Gasteiger partial charge in [0.15, 0.2) is 0 Å². The highest BCUT2D eigenvalue weighted by molar-refractivity contribution is 7.99. The van der Waals surface area contributed by atoms with Gasteiger partial charge in [0.25, 0.3) is 0 Å². The smallest absolute Gasteiger partial charge is 0.241 e. The van der Waals surface area contributed by atoms with E-state index in [2.05, 4.69) is 24.1 Å². The van der Waals surface area contributed by atoms with Gasteiger partial charge in [0.1, 0.15) is 0 Å². The first kappa shape index (κ1) is 12.2. The van der Waals surface area contributed by atoms with E-state index in [4.69, 9.17) is 0 Å². The number of hydrogen-bond donors (Lipinski definition) is 1. The molecule has 92 valence electrons. The van der Waals surface area contributed by atoms with Crippen LogP contribution in [0.15, 0.2) is 0 Å². The molecule has 2 aliphatic rings. The molecular weight excluding hydrogens is 220 g/mol. The molecular formula is C12H22N2OS. The molecule has 0 aromatic rings. The zero-order valence-electron chi connectivity index (χ0n) is 10.2. The van der Waals surface area contributed by atoms with Crippen LogP contribution < -0.4 is 5.32 Å². The average molecular weight is 242 g/mol. The summed E-state index contributed by atoms with van der Waals surface area (Å²) in [6.07, 6.45) is 3.41. The Hall–Kier alpha value is -0.220. The van der Waals surface area contributed by atoms with Gasteiger partial charge in [-0.1, -0.05) is 13.8 Å². The van der Waals surface area contributed by atoms with Crippen molar-refractivity contribution in [2.24, 2.45) is 5.92 Å². The summed E-state index contributed by atoms with van der Waals surface area (Å²) in [6.45, 7) is 5.11. The normalized spacial score (nSPS) is 31.4. The van der Waals surface area contributed by atoms with E-state index in [1.807, 2.05) is 11.8 Å². The van der Waals surface area contributed by atoms with Crippen LogP contribution in [0.4, 0.5) is 0 Å². The van der Waals surface area contributed by atoms with E-state index >= 15 is 0 Å². The predicted octanol–water partition coefficient (Wildman–Crippen LogP) is 1.69. The molecule has 0 aromatic carbocycles. The summed E-state index contributed by atoms with van der Waals surface area (Å²) in [6, 6.07) is 0.558. The minimum Gasteiger partial charge on any atom is -0.325 e. The molecule has 4 heteroatoms. The number of carbonyl (C=O) groups excluding carboxylic acids is 1. The third kappa shape index (κ3) is 2.72. The van der Waals surface area contributed by atoms with Crippen LogP contribution in [0.1, 0.15) is 33.1 Å². The van der Waals surface area contributed by atoms with E-state index in [1.165, 1.54) is 18.6 Å². The molecule has 0 bridgehead atoms. The molecule has 1 amide bonds. The number of hydrogen-bond acceptors (Lipinski definition) is 3.